The van der Waals surface area contributed by atoms with E-state index in [9.17, 15) is 8.78 Å². The Bertz CT molecular complexity index is 417. The molecule has 2 rings (SSSR count). The third-order valence-electron chi connectivity index (χ3n) is 4.00. The highest BCUT2D eigenvalue weighted by molar-refractivity contribution is 5.20. The normalized spacial score (nSPS) is 23.2. The lowest BCUT2D eigenvalue weighted by molar-refractivity contribution is 0.157. The third-order valence-corrected chi connectivity index (χ3v) is 4.00. The molecule has 0 aliphatic heterocycles. The average molecular weight is 267 g/mol. The van der Waals surface area contributed by atoms with E-state index in [-0.39, 0.29) is 11.1 Å². The van der Waals surface area contributed by atoms with Crippen LogP contribution in [0.25, 0.3) is 0 Å². The quantitative estimate of drug-likeness (QED) is 0.871. The number of benzene rings is 1. The van der Waals surface area contributed by atoms with E-state index in [0.29, 0.717) is 18.3 Å². The smallest absolute Gasteiger partial charge is 0.129 e. The Hall–Kier alpha value is -0.960. The van der Waals surface area contributed by atoms with Crippen molar-refractivity contribution < 1.29 is 8.78 Å². The summed E-state index contributed by atoms with van der Waals surface area (Å²) in [5.74, 6) is 0.128. The maximum Gasteiger partial charge on any atom is 0.129 e. The Morgan fingerprint density at radius 1 is 1.11 bits per heavy atom. The van der Waals surface area contributed by atoms with Crippen LogP contribution in [0.3, 0.4) is 0 Å². The van der Waals surface area contributed by atoms with E-state index >= 15 is 0 Å². The number of hydrogen-bond acceptors (Lipinski definition) is 1. The van der Waals surface area contributed by atoms with Gasteiger partial charge in [-0.05, 0) is 70.5 Å². The minimum atomic E-state index is -0.408. The van der Waals surface area contributed by atoms with Crippen LogP contribution in [0.5, 0.6) is 0 Å². The summed E-state index contributed by atoms with van der Waals surface area (Å²) in [4.78, 5) is 0. The van der Waals surface area contributed by atoms with Crippen molar-refractivity contribution in [3.8, 4) is 0 Å². The summed E-state index contributed by atoms with van der Waals surface area (Å²) >= 11 is 0. The zero-order valence-electron chi connectivity index (χ0n) is 12.0. The number of halogens is 2. The molecule has 1 aliphatic rings. The molecule has 3 heteroatoms. The SMILES string of the molecule is CC(C)(C)NCC1CCC1Cc1c(F)cccc1F. The van der Waals surface area contributed by atoms with Crippen molar-refractivity contribution in [1.82, 2.24) is 5.32 Å². The zero-order valence-corrected chi connectivity index (χ0v) is 12.0. The lowest BCUT2D eigenvalue weighted by Crippen LogP contribution is -2.44. The summed E-state index contributed by atoms with van der Waals surface area (Å²) in [6, 6.07) is 4.12. The van der Waals surface area contributed by atoms with Crippen LogP contribution in [0.2, 0.25) is 0 Å². The first kappa shape index (κ1) is 14.4. The molecule has 2 unspecified atom stereocenters. The fourth-order valence-corrected chi connectivity index (χ4v) is 2.60. The van der Waals surface area contributed by atoms with Crippen LogP contribution in [0.15, 0.2) is 18.2 Å². The van der Waals surface area contributed by atoms with E-state index in [1.807, 2.05) is 0 Å². The summed E-state index contributed by atoms with van der Waals surface area (Å²) in [6.45, 7) is 7.34. The number of nitrogens with one attached hydrogen (secondary N) is 1. The van der Waals surface area contributed by atoms with Gasteiger partial charge in [-0.1, -0.05) is 6.07 Å². The molecule has 0 aromatic heterocycles. The van der Waals surface area contributed by atoms with Gasteiger partial charge in [-0.15, -0.1) is 0 Å². The predicted molar refractivity (Wildman–Crippen MR) is 74.0 cm³/mol. The molecule has 2 atom stereocenters. The van der Waals surface area contributed by atoms with Crippen molar-refractivity contribution in [3.05, 3.63) is 35.4 Å². The molecule has 1 aromatic rings. The Balaban J connectivity index is 1.93. The highest BCUT2D eigenvalue weighted by atomic mass is 19.1. The van der Waals surface area contributed by atoms with Gasteiger partial charge in [-0.25, -0.2) is 8.78 Å². The molecule has 1 fully saturated rings. The molecule has 106 valence electrons. The first-order valence-corrected chi connectivity index (χ1v) is 7.05. The summed E-state index contributed by atoms with van der Waals surface area (Å²) in [6.07, 6.45) is 2.75. The van der Waals surface area contributed by atoms with Gasteiger partial charge in [0.05, 0.1) is 0 Å². The fraction of sp³-hybridized carbons (Fsp3) is 0.625. The standard InChI is InChI=1S/C16H23F2N/c1-16(2,3)19-10-12-8-7-11(12)9-13-14(17)5-4-6-15(13)18/h4-6,11-12,19H,7-10H2,1-3H3. The molecule has 0 bridgehead atoms. The van der Waals surface area contributed by atoms with Crippen molar-refractivity contribution >= 4 is 0 Å². The Labute approximate surface area is 114 Å². The Morgan fingerprint density at radius 2 is 1.68 bits per heavy atom. The van der Waals surface area contributed by atoms with Crippen molar-refractivity contribution in [2.24, 2.45) is 11.8 Å². The second kappa shape index (κ2) is 5.58. The van der Waals surface area contributed by atoms with E-state index in [1.165, 1.54) is 18.2 Å². The molecule has 1 aromatic carbocycles. The second-order valence-electron chi connectivity index (χ2n) is 6.63. The summed E-state index contributed by atoms with van der Waals surface area (Å²) in [5.41, 5.74) is 0.358. The first-order valence-electron chi connectivity index (χ1n) is 7.05. The minimum Gasteiger partial charge on any atom is -0.312 e. The van der Waals surface area contributed by atoms with Crippen LogP contribution in [-0.2, 0) is 6.42 Å². The largest absolute Gasteiger partial charge is 0.312 e. The molecule has 0 radical (unpaired) electrons. The molecule has 1 aliphatic carbocycles. The molecule has 0 saturated heterocycles. The van der Waals surface area contributed by atoms with E-state index in [1.54, 1.807) is 0 Å². The summed E-state index contributed by atoms with van der Waals surface area (Å²) < 4.78 is 27.2. The van der Waals surface area contributed by atoms with Crippen LogP contribution >= 0.6 is 0 Å². The molecule has 1 N–H and O–H groups in total. The zero-order chi connectivity index (χ0) is 14.0. The second-order valence-corrected chi connectivity index (χ2v) is 6.63. The third kappa shape index (κ3) is 3.75. The summed E-state index contributed by atoms with van der Waals surface area (Å²) in [5, 5.41) is 3.48. The first-order chi connectivity index (χ1) is 8.87. The molecule has 0 spiro atoms. The fourth-order valence-electron chi connectivity index (χ4n) is 2.60. The van der Waals surface area contributed by atoms with Crippen LogP contribution in [0, 0.1) is 23.5 Å². The molecule has 1 nitrogen and oxygen atoms in total. The monoisotopic (exact) mass is 267 g/mol. The maximum absolute atomic E-state index is 13.6. The topological polar surface area (TPSA) is 12.0 Å². The van der Waals surface area contributed by atoms with Crippen LogP contribution < -0.4 is 5.32 Å². The highest BCUT2D eigenvalue weighted by Crippen LogP contribution is 2.37. The number of hydrogen-bond donors (Lipinski definition) is 1. The van der Waals surface area contributed by atoms with Crippen molar-refractivity contribution in [2.45, 2.75) is 45.6 Å². The van der Waals surface area contributed by atoms with E-state index in [4.69, 9.17) is 0 Å². The van der Waals surface area contributed by atoms with Crippen molar-refractivity contribution in [3.63, 3.8) is 0 Å². The van der Waals surface area contributed by atoms with Gasteiger partial charge in [0, 0.05) is 11.1 Å². The van der Waals surface area contributed by atoms with Crippen molar-refractivity contribution in [1.29, 1.82) is 0 Å². The lowest BCUT2D eigenvalue weighted by Gasteiger charge is -2.39. The molecular formula is C16H23F2N. The molecule has 0 heterocycles. The molecular weight excluding hydrogens is 244 g/mol. The highest BCUT2D eigenvalue weighted by Gasteiger charge is 2.32. The molecule has 0 amide bonds. The van der Waals surface area contributed by atoms with E-state index in [0.717, 1.165) is 19.4 Å². The van der Waals surface area contributed by atoms with Gasteiger partial charge >= 0.3 is 0 Å². The lowest BCUT2D eigenvalue weighted by atomic mass is 9.70. The van der Waals surface area contributed by atoms with Gasteiger partial charge in [-0.3, -0.25) is 0 Å². The van der Waals surface area contributed by atoms with E-state index in [2.05, 4.69) is 26.1 Å². The van der Waals surface area contributed by atoms with Crippen LogP contribution in [0.1, 0.15) is 39.2 Å². The van der Waals surface area contributed by atoms with Gasteiger partial charge in [0.1, 0.15) is 11.6 Å². The van der Waals surface area contributed by atoms with Gasteiger partial charge in [0.25, 0.3) is 0 Å². The van der Waals surface area contributed by atoms with Crippen LogP contribution in [0.4, 0.5) is 8.78 Å². The Kier molecular flexibility index (Phi) is 4.24. The van der Waals surface area contributed by atoms with Crippen LogP contribution in [-0.4, -0.2) is 12.1 Å². The van der Waals surface area contributed by atoms with E-state index < -0.39 is 11.6 Å². The average Bonchev–Trinajstić information content (AvgIpc) is 2.25. The van der Waals surface area contributed by atoms with Crippen molar-refractivity contribution in [2.75, 3.05) is 6.54 Å². The van der Waals surface area contributed by atoms with Gasteiger partial charge in [0.2, 0.25) is 0 Å². The van der Waals surface area contributed by atoms with Gasteiger partial charge in [-0.2, -0.15) is 0 Å². The molecule has 1 saturated carbocycles. The van der Waals surface area contributed by atoms with Gasteiger partial charge < -0.3 is 5.32 Å². The summed E-state index contributed by atoms with van der Waals surface area (Å²) in [7, 11) is 0. The molecule has 19 heavy (non-hydrogen) atoms. The van der Waals surface area contributed by atoms with Gasteiger partial charge in [0.15, 0.2) is 0 Å². The number of rotatable bonds is 4. The maximum atomic E-state index is 13.6. The Morgan fingerprint density at radius 3 is 2.16 bits per heavy atom. The minimum absolute atomic E-state index is 0.101. The predicted octanol–water partition coefficient (Wildman–Crippen LogP) is 3.92.